The van der Waals surface area contributed by atoms with Crippen molar-refractivity contribution in [3.8, 4) is 0 Å². The molecule has 1 aromatic heterocycles. The fraction of sp³-hybridized carbons (Fsp3) is 0.263. The Hall–Kier alpha value is -2.68. The van der Waals surface area contributed by atoms with Crippen molar-refractivity contribution in [3.63, 3.8) is 0 Å². The predicted molar refractivity (Wildman–Crippen MR) is 106 cm³/mol. The number of imidazole rings is 1. The van der Waals surface area contributed by atoms with E-state index in [9.17, 15) is 9.50 Å². The van der Waals surface area contributed by atoms with Gasteiger partial charge in [-0.3, -0.25) is 14.4 Å². The monoisotopic (exact) mass is 400 g/mol. The lowest BCUT2D eigenvalue weighted by molar-refractivity contribution is 0.195. The molecule has 0 saturated carbocycles. The van der Waals surface area contributed by atoms with E-state index in [1.54, 1.807) is 6.07 Å². The van der Waals surface area contributed by atoms with Gasteiger partial charge in [-0.25, -0.2) is 14.4 Å². The van der Waals surface area contributed by atoms with Crippen molar-refractivity contribution in [1.82, 2.24) is 19.8 Å². The Morgan fingerprint density at radius 3 is 2.96 bits per heavy atom. The van der Waals surface area contributed by atoms with Crippen molar-refractivity contribution in [2.75, 3.05) is 31.4 Å². The number of para-hydroxylation sites is 2. The zero-order valence-corrected chi connectivity index (χ0v) is 15.6. The van der Waals surface area contributed by atoms with E-state index >= 15 is 0 Å². The molecule has 5 rings (SSSR count). The van der Waals surface area contributed by atoms with Gasteiger partial charge in [0.1, 0.15) is 12.0 Å². The number of nitrogens with one attached hydrogen (secondary N) is 1. The van der Waals surface area contributed by atoms with Crippen LogP contribution in [0.15, 0.2) is 47.5 Å². The van der Waals surface area contributed by atoms with Gasteiger partial charge in [0.25, 0.3) is 0 Å². The number of aliphatic hydroxyl groups excluding tert-OH is 1. The average Bonchev–Trinajstić information content (AvgIpc) is 3.10. The minimum atomic E-state index is -0.527. The van der Waals surface area contributed by atoms with Gasteiger partial charge in [0, 0.05) is 17.1 Å². The zero-order chi connectivity index (χ0) is 19.3. The van der Waals surface area contributed by atoms with Gasteiger partial charge in [0.05, 0.1) is 31.0 Å². The van der Waals surface area contributed by atoms with Gasteiger partial charge in [-0.2, -0.15) is 0 Å². The van der Waals surface area contributed by atoms with Crippen molar-refractivity contribution in [1.29, 1.82) is 0 Å². The molecule has 28 heavy (non-hydrogen) atoms. The first-order chi connectivity index (χ1) is 13.7. The van der Waals surface area contributed by atoms with Crippen LogP contribution in [0.3, 0.4) is 0 Å². The molecule has 2 aromatic carbocycles. The van der Waals surface area contributed by atoms with Gasteiger partial charge < -0.3 is 10.4 Å². The highest BCUT2D eigenvalue weighted by Crippen LogP contribution is 2.35. The minimum absolute atomic E-state index is 0.0545. The molecule has 0 bridgehead atoms. The molecule has 0 amide bonds. The standard InChI is InChI=1S/C19H18ClFN6O/c20-12-5-6-14(21)13(9-12)17-24-18-22-10-25(7-8-28)11-26(18)19-23-15-3-1-2-4-16(15)27(17)19/h1-6,9,17,28H,7-8,10-11H2,(H,22,24). The summed E-state index contributed by atoms with van der Waals surface area (Å²) >= 11 is 6.16. The molecule has 7 nitrogen and oxygen atoms in total. The third-order valence-electron chi connectivity index (χ3n) is 5.03. The zero-order valence-electron chi connectivity index (χ0n) is 14.9. The number of hydrogen-bond acceptors (Lipinski definition) is 6. The second-order valence-electron chi connectivity index (χ2n) is 6.79. The van der Waals surface area contributed by atoms with Crippen LogP contribution in [0.1, 0.15) is 11.7 Å². The van der Waals surface area contributed by atoms with Gasteiger partial charge in [0.15, 0.2) is 0 Å². The third-order valence-corrected chi connectivity index (χ3v) is 5.26. The number of guanidine groups is 1. The first kappa shape index (κ1) is 17.4. The van der Waals surface area contributed by atoms with Crippen LogP contribution in [0, 0.1) is 5.82 Å². The number of aromatic nitrogens is 2. The minimum Gasteiger partial charge on any atom is -0.395 e. The molecule has 0 radical (unpaired) electrons. The number of rotatable bonds is 3. The van der Waals surface area contributed by atoms with E-state index in [1.807, 2.05) is 38.6 Å². The van der Waals surface area contributed by atoms with E-state index in [2.05, 4.69) is 10.3 Å². The number of hydrogen-bond donors (Lipinski definition) is 2. The molecule has 144 valence electrons. The van der Waals surface area contributed by atoms with E-state index < -0.39 is 6.17 Å². The lowest BCUT2D eigenvalue weighted by Gasteiger charge is -2.41. The predicted octanol–water partition coefficient (Wildman–Crippen LogP) is 2.36. The summed E-state index contributed by atoms with van der Waals surface area (Å²) in [6, 6.07) is 12.3. The molecule has 0 saturated heterocycles. The number of fused-ring (bicyclic) bond motifs is 5. The van der Waals surface area contributed by atoms with Crippen LogP contribution in [-0.2, 0) is 0 Å². The number of nitrogens with zero attached hydrogens (tertiary/aromatic N) is 5. The lowest BCUT2D eigenvalue weighted by Crippen LogP contribution is -2.57. The molecular formula is C19H18ClFN6O. The normalized spacial score (nSPS) is 19.2. The van der Waals surface area contributed by atoms with Crippen LogP contribution in [0.2, 0.25) is 5.02 Å². The van der Waals surface area contributed by atoms with Crippen LogP contribution >= 0.6 is 11.6 Å². The molecule has 9 heteroatoms. The molecular weight excluding hydrogens is 383 g/mol. The highest BCUT2D eigenvalue weighted by atomic mass is 35.5. The fourth-order valence-corrected chi connectivity index (χ4v) is 3.91. The molecule has 0 fully saturated rings. The Balaban J connectivity index is 1.70. The van der Waals surface area contributed by atoms with Gasteiger partial charge in [-0.1, -0.05) is 23.7 Å². The number of aliphatic hydroxyl groups is 1. The van der Waals surface area contributed by atoms with E-state index in [0.717, 1.165) is 11.0 Å². The largest absolute Gasteiger partial charge is 0.395 e. The summed E-state index contributed by atoms with van der Waals surface area (Å²) in [7, 11) is 0. The second-order valence-corrected chi connectivity index (χ2v) is 7.23. The number of β-amino-alcohol motifs (C(OH)–C–C–N with tert-alkyl or cyclic N) is 1. The van der Waals surface area contributed by atoms with Gasteiger partial charge >= 0.3 is 0 Å². The fourth-order valence-electron chi connectivity index (χ4n) is 3.73. The highest BCUT2D eigenvalue weighted by Gasteiger charge is 2.36. The quantitative estimate of drug-likeness (QED) is 0.706. The van der Waals surface area contributed by atoms with Crippen molar-refractivity contribution < 1.29 is 9.50 Å². The summed E-state index contributed by atoms with van der Waals surface area (Å²) in [5.41, 5.74) is 2.12. The van der Waals surface area contributed by atoms with Crippen LogP contribution in [0.25, 0.3) is 11.0 Å². The molecule has 3 aromatic rings. The Morgan fingerprint density at radius 2 is 2.11 bits per heavy atom. The molecule has 1 atom stereocenters. The maximum Gasteiger partial charge on any atom is 0.216 e. The van der Waals surface area contributed by atoms with Crippen LogP contribution in [0.4, 0.5) is 10.3 Å². The van der Waals surface area contributed by atoms with E-state index in [1.165, 1.54) is 12.1 Å². The van der Waals surface area contributed by atoms with E-state index in [4.69, 9.17) is 16.6 Å². The number of halogens is 2. The van der Waals surface area contributed by atoms with Crippen LogP contribution in [-0.4, -0.2) is 52.0 Å². The highest BCUT2D eigenvalue weighted by molar-refractivity contribution is 6.30. The summed E-state index contributed by atoms with van der Waals surface area (Å²) in [6.45, 7) is 1.55. The molecule has 0 spiro atoms. The Labute approximate surface area is 165 Å². The Morgan fingerprint density at radius 1 is 1.25 bits per heavy atom. The summed E-state index contributed by atoms with van der Waals surface area (Å²) in [5, 5.41) is 13.1. The Kier molecular flexibility index (Phi) is 4.19. The SMILES string of the molecule is OCCN1CN=C2NC(c3cc(Cl)ccc3F)n3c(nc4ccccc43)N2C1. The summed E-state index contributed by atoms with van der Waals surface area (Å²) in [5.74, 6) is 0.949. The first-order valence-electron chi connectivity index (χ1n) is 8.99. The van der Waals surface area contributed by atoms with Gasteiger partial charge in [0.2, 0.25) is 11.9 Å². The van der Waals surface area contributed by atoms with Gasteiger partial charge in [-0.05, 0) is 30.3 Å². The van der Waals surface area contributed by atoms with Gasteiger partial charge in [-0.15, -0.1) is 0 Å². The molecule has 1 unspecified atom stereocenters. The molecule has 2 aliphatic rings. The maximum absolute atomic E-state index is 14.7. The number of benzene rings is 2. The molecule has 2 N–H and O–H groups in total. The topological polar surface area (TPSA) is 68.9 Å². The summed E-state index contributed by atoms with van der Waals surface area (Å²) in [4.78, 5) is 13.3. The molecule has 0 aliphatic carbocycles. The summed E-state index contributed by atoms with van der Waals surface area (Å²) in [6.07, 6.45) is -0.527. The first-order valence-corrected chi connectivity index (χ1v) is 9.37. The molecule has 3 heterocycles. The number of aliphatic imine (C=N–C) groups is 1. The van der Waals surface area contributed by atoms with Crippen LogP contribution < -0.4 is 10.2 Å². The Bertz CT molecular complexity index is 1080. The van der Waals surface area contributed by atoms with Crippen molar-refractivity contribution in [2.45, 2.75) is 6.17 Å². The molecule has 2 aliphatic heterocycles. The third kappa shape index (κ3) is 2.72. The van der Waals surface area contributed by atoms with Crippen molar-refractivity contribution in [2.24, 2.45) is 4.99 Å². The van der Waals surface area contributed by atoms with E-state index in [0.29, 0.717) is 42.4 Å². The average molecular weight is 401 g/mol. The smallest absolute Gasteiger partial charge is 0.216 e. The van der Waals surface area contributed by atoms with Crippen molar-refractivity contribution in [3.05, 3.63) is 58.9 Å². The summed E-state index contributed by atoms with van der Waals surface area (Å²) < 4.78 is 16.7. The maximum atomic E-state index is 14.7. The second kappa shape index (κ2) is 6.73. The lowest BCUT2D eigenvalue weighted by atomic mass is 10.1. The van der Waals surface area contributed by atoms with E-state index in [-0.39, 0.29) is 12.4 Å². The van der Waals surface area contributed by atoms with Crippen LogP contribution in [0.5, 0.6) is 0 Å². The number of anilines is 1. The van der Waals surface area contributed by atoms with Crippen molar-refractivity contribution >= 4 is 34.5 Å².